The highest BCUT2D eigenvalue weighted by Crippen LogP contribution is 2.29. The fourth-order valence-electron chi connectivity index (χ4n) is 2.02. The van der Waals surface area contributed by atoms with Crippen LogP contribution in [0, 0.1) is 0 Å². The lowest BCUT2D eigenvalue weighted by Crippen LogP contribution is -1.96. The predicted octanol–water partition coefficient (Wildman–Crippen LogP) is 3.69. The lowest BCUT2D eigenvalue weighted by molar-refractivity contribution is 0.0697. The fourth-order valence-corrected chi connectivity index (χ4v) is 2.38. The van der Waals surface area contributed by atoms with Gasteiger partial charge in [0, 0.05) is 33.3 Å². The molecule has 0 spiro atoms. The molecule has 0 atom stereocenters. The predicted molar refractivity (Wildman–Crippen MR) is 76.2 cm³/mol. The number of hydrogen-bond donors (Lipinski definition) is 2. The SMILES string of the molecule is O=C(O)c1ccnc(-c2c[nH]c3ccc(Br)cc23)c1. The van der Waals surface area contributed by atoms with Crippen LogP contribution in [-0.4, -0.2) is 21.0 Å². The van der Waals surface area contributed by atoms with Crippen molar-refractivity contribution in [3.05, 3.63) is 52.8 Å². The number of carbonyl (C=O) groups is 1. The average Bonchev–Trinajstić information content (AvgIpc) is 2.81. The molecular weight excluding hydrogens is 308 g/mol. The normalized spacial score (nSPS) is 10.8. The Bertz CT molecular complexity index is 780. The minimum Gasteiger partial charge on any atom is -0.478 e. The number of nitrogens with one attached hydrogen (secondary N) is 1. The molecule has 2 aromatic heterocycles. The molecule has 0 bridgehead atoms. The zero-order chi connectivity index (χ0) is 13.4. The second-order valence-corrected chi connectivity index (χ2v) is 5.04. The highest BCUT2D eigenvalue weighted by atomic mass is 79.9. The van der Waals surface area contributed by atoms with E-state index in [-0.39, 0.29) is 5.56 Å². The van der Waals surface area contributed by atoms with Crippen LogP contribution in [0.4, 0.5) is 0 Å². The van der Waals surface area contributed by atoms with E-state index in [2.05, 4.69) is 25.9 Å². The Morgan fingerprint density at radius 2 is 2.11 bits per heavy atom. The molecule has 0 unspecified atom stereocenters. The van der Waals surface area contributed by atoms with Crippen LogP contribution in [0.2, 0.25) is 0 Å². The van der Waals surface area contributed by atoms with Crippen molar-refractivity contribution in [1.29, 1.82) is 0 Å². The van der Waals surface area contributed by atoms with Crippen LogP contribution in [0.15, 0.2) is 47.2 Å². The third-order valence-corrected chi connectivity index (χ3v) is 3.42. The third-order valence-electron chi connectivity index (χ3n) is 2.93. The summed E-state index contributed by atoms with van der Waals surface area (Å²) in [5, 5.41) is 10.0. The van der Waals surface area contributed by atoms with Crippen LogP contribution < -0.4 is 0 Å². The first-order valence-electron chi connectivity index (χ1n) is 5.61. The molecule has 2 N–H and O–H groups in total. The number of pyridine rings is 1. The van der Waals surface area contributed by atoms with Crippen molar-refractivity contribution < 1.29 is 9.90 Å². The van der Waals surface area contributed by atoms with Crippen molar-refractivity contribution in [2.75, 3.05) is 0 Å². The minimum atomic E-state index is -0.954. The van der Waals surface area contributed by atoms with Crippen LogP contribution in [-0.2, 0) is 0 Å². The van der Waals surface area contributed by atoms with Crippen molar-refractivity contribution in [2.24, 2.45) is 0 Å². The fraction of sp³-hybridized carbons (Fsp3) is 0. The molecule has 4 nitrogen and oxygen atoms in total. The summed E-state index contributed by atoms with van der Waals surface area (Å²) < 4.78 is 0.968. The topological polar surface area (TPSA) is 66.0 Å². The number of benzene rings is 1. The molecular formula is C14H9BrN2O2. The summed E-state index contributed by atoms with van der Waals surface area (Å²) in [6.45, 7) is 0. The second kappa shape index (κ2) is 4.51. The average molecular weight is 317 g/mol. The van der Waals surface area contributed by atoms with E-state index in [4.69, 9.17) is 5.11 Å². The summed E-state index contributed by atoms with van der Waals surface area (Å²) in [7, 11) is 0. The largest absolute Gasteiger partial charge is 0.478 e. The Balaban J connectivity index is 2.21. The lowest BCUT2D eigenvalue weighted by atomic mass is 10.1. The van der Waals surface area contributed by atoms with Gasteiger partial charge in [-0.05, 0) is 30.3 Å². The zero-order valence-electron chi connectivity index (χ0n) is 9.72. The summed E-state index contributed by atoms with van der Waals surface area (Å²) in [4.78, 5) is 18.4. The van der Waals surface area contributed by atoms with Crippen molar-refractivity contribution >= 4 is 32.8 Å². The molecule has 0 aliphatic carbocycles. The van der Waals surface area contributed by atoms with Gasteiger partial charge in [0.25, 0.3) is 0 Å². The number of fused-ring (bicyclic) bond motifs is 1. The van der Waals surface area contributed by atoms with Gasteiger partial charge < -0.3 is 10.1 Å². The van der Waals surface area contributed by atoms with Gasteiger partial charge in [-0.15, -0.1) is 0 Å². The molecule has 0 fully saturated rings. The number of carboxylic acid groups (broad SMARTS) is 1. The number of hydrogen-bond acceptors (Lipinski definition) is 2. The molecule has 5 heteroatoms. The molecule has 0 saturated carbocycles. The van der Waals surface area contributed by atoms with Crippen LogP contribution in [0.5, 0.6) is 0 Å². The summed E-state index contributed by atoms with van der Waals surface area (Å²) >= 11 is 3.43. The van der Waals surface area contributed by atoms with Gasteiger partial charge in [-0.1, -0.05) is 15.9 Å². The van der Waals surface area contributed by atoms with Crippen molar-refractivity contribution in [3.63, 3.8) is 0 Å². The maximum atomic E-state index is 11.0. The van der Waals surface area contributed by atoms with Gasteiger partial charge >= 0.3 is 5.97 Å². The maximum absolute atomic E-state index is 11.0. The third kappa shape index (κ3) is 2.13. The minimum absolute atomic E-state index is 0.231. The number of aromatic nitrogens is 2. The van der Waals surface area contributed by atoms with Crippen LogP contribution in [0.3, 0.4) is 0 Å². The standard InChI is InChI=1S/C14H9BrN2O2/c15-9-1-2-12-10(6-9)11(7-17-12)13-5-8(14(18)19)3-4-16-13/h1-7,17H,(H,18,19). The molecule has 1 aromatic carbocycles. The molecule has 0 aliphatic heterocycles. The summed E-state index contributed by atoms with van der Waals surface area (Å²) in [5.41, 5.74) is 2.75. The second-order valence-electron chi connectivity index (χ2n) is 4.13. The number of rotatable bonds is 2. The van der Waals surface area contributed by atoms with Crippen molar-refractivity contribution in [1.82, 2.24) is 9.97 Å². The van der Waals surface area contributed by atoms with Gasteiger partial charge in [0.15, 0.2) is 0 Å². The smallest absolute Gasteiger partial charge is 0.335 e. The number of aromatic amines is 1. The molecule has 0 saturated heterocycles. The number of nitrogens with zero attached hydrogens (tertiary/aromatic N) is 1. The Kier molecular flexibility index (Phi) is 2.83. The van der Waals surface area contributed by atoms with E-state index >= 15 is 0 Å². The van der Waals surface area contributed by atoms with E-state index in [1.807, 2.05) is 24.4 Å². The van der Waals surface area contributed by atoms with Crippen LogP contribution in [0.25, 0.3) is 22.2 Å². The Labute approximate surface area is 117 Å². The van der Waals surface area contributed by atoms with E-state index in [0.29, 0.717) is 5.69 Å². The number of halogens is 1. The molecule has 0 amide bonds. The summed E-state index contributed by atoms with van der Waals surface area (Å²) in [6.07, 6.45) is 3.35. The number of H-pyrrole nitrogens is 1. The van der Waals surface area contributed by atoms with E-state index in [1.165, 1.54) is 12.3 Å². The highest BCUT2D eigenvalue weighted by Gasteiger charge is 2.10. The summed E-state index contributed by atoms with van der Waals surface area (Å²) in [6, 6.07) is 8.95. The van der Waals surface area contributed by atoms with E-state index in [0.717, 1.165) is 20.9 Å². The molecule has 19 heavy (non-hydrogen) atoms. The lowest BCUT2D eigenvalue weighted by Gasteiger charge is -2.01. The van der Waals surface area contributed by atoms with Crippen LogP contribution >= 0.6 is 15.9 Å². The van der Waals surface area contributed by atoms with Gasteiger partial charge in [0.1, 0.15) is 0 Å². The van der Waals surface area contributed by atoms with E-state index in [9.17, 15) is 4.79 Å². The molecule has 3 rings (SSSR count). The van der Waals surface area contributed by atoms with Gasteiger partial charge in [-0.25, -0.2) is 4.79 Å². The summed E-state index contributed by atoms with van der Waals surface area (Å²) in [5.74, 6) is -0.954. The zero-order valence-corrected chi connectivity index (χ0v) is 11.3. The van der Waals surface area contributed by atoms with Gasteiger partial charge in [-0.2, -0.15) is 0 Å². The quantitative estimate of drug-likeness (QED) is 0.757. The van der Waals surface area contributed by atoms with Gasteiger partial charge in [-0.3, -0.25) is 4.98 Å². The number of aromatic carboxylic acids is 1. The van der Waals surface area contributed by atoms with E-state index in [1.54, 1.807) is 6.07 Å². The monoisotopic (exact) mass is 316 g/mol. The van der Waals surface area contributed by atoms with E-state index < -0.39 is 5.97 Å². The maximum Gasteiger partial charge on any atom is 0.335 e. The van der Waals surface area contributed by atoms with Crippen molar-refractivity contribution in [2.45, 2.75) is 0 Å². The first-order valence-corrected chi connectivity index (χ1v) is 6.41. The van der Waals surface area contributed by atoms with Crippen molar-refractivity contribution in [3.8, 4) is 11.3 Å². The molecule has 0 radical (unpaired) electrons. The van der Waals surface area contributed by atoms with Crippen LogP contribution in [0.1, 0.15) is 10.4 Å². The molecule has 0 aliphatic rings. The Hall–Kier alpha value is -2.14. The highest BCUT2D eigenvalue weighted by molar-refractivity contribution is 9.10. The Morgan fingerprint density at radius 3 is 2.89 bits per heavy atom. The Morgan fingerprint density at radius 1 is 1.26 bits per heavy atom. The first-order chi connectivity index (χ1) is 9.15. The molecule has 3 aromatic rings. The molecule has 2 heterocycles. The van der Waals surface area contributed by atoms with Gasteiger partial charge in [0.05, 0.1) is 11.3 Å². The number of carboxylic acids is 1. The first kappa shape index (κ1) is 11.9. The van der Waals surface area contributed by atoms with Gasteiger partial charge in [0.2, 0.25) is 0 Å². The molecule has 94 valence electrons.